The minimum absolute atomic E-state index is 0.0228. The molecule has 1 aromatic heterocycles. The lowest BCUT2D eigenvalue weighted by atomic mass is 10.2. The molecule has 0 atom stereocenters. The molecular weight excluding hydrogens is 344 g/mol. The lowest BCUT2D eigenvalue weighted by Gasteiger charge is -2.05. The number of hydrogen-bond acceptors (Lipinski definition) is 7. The van der Waals surface area contributed by atoms with Crippen LogP contribution in [0.25, 0.3) is 0 Å². The highest BCUT2D eigenvalue weighted by atomic mass is 32.2. The minimum atomic E-state index is -3.75. The van der Waals surface area contributed by atoms with Gasteiger partial charge in [-0.25, -0.2) is 8.42 Å². The molecule has 0 aliphatic carbocycles. The number of amides is 1. The second-order valence-corrected chi connectivity index (χ2v) is 7.55. The maximum atomic E-state index is 12.1. The fourth-order valence-electron chi connectivity index (χ4n) is 2.09. The van der Waals surface area contributed by atoms with Gasteiger partial charge < -0.3 is 9.84 Å². The lowest BCUT2D eigenvalue weighted by Crippen LogP contribution is -2.24. The summed E-state index contributed by atoms with van der Waals surface area (Å²) in [4.78, 5) is 15.9. The fourth-order valence-corrected chi connectivity index (χ4v) is 3.15. The van der Waals surface area contributed by atoms with Crippen molar-refractivity contribution in [3.63, 3.8) is 0 Å². The third-order valence-corrected chi connectivity index (χ3v) is 4.62. The van der Waals surface area contributed by atoms with Crippen LogP contribution in [0.15, 0.2) is 28.8 Å². The van der Waals surface area contributed by atoms with Gasteiger partial charge in [0.2, 0.25) is 11.8 Å². The van der Waals surface area contributed by atoms with Gasteiger partial charge in [0.1, 0.15) is 11.5 Å². The second-order valence-electron chi connectivity index (χ2n) is 5.48. The maximum absolute atomic E-state index is 12.1. The molecule has 0 bridgehead atoms. The van der Waals surface area contributed by atoms with Crippen LogP contribution in [0.5, 0.6) is 0 Å². The number of benzene rings is 1. The normalized spacial score (nSPS) is 11.0. The standard InChI is InChI=1S/C16H18N4O4S/c1-2-3-7-14-19-16(24-20-14)11-25(22,23)10-15(21)18-13-6-4-5-12(8-13)9-17/h4-6,8H,2-3,7,10-11H2,1H3,(H,18,21). The van der Waals surface area contributed by atoms with Crippen LogP contribution in [0.4, 0.5) is 5.69 Å². The Morgan fingerprint density at radius 1 is 1.40 bits per heavy atom. The van der Waals surface area contributed by atoms with E-state index in [1.165, 1.54) is 6.07 Å². The van der Waals surface area contributed by atoms with Crippen molar-refractivity contribution < 1.29 is 17.7 Å². The summed E-state index contributed by atoms with van der Waals surface area (Å²) in [5, 5.41) is 15.0. The van der Waals surface area contributed by atoms with Crippen LogP contribution in [-0.2, 0) is 26.8 Å². The van der Waals surface area contributed by atoms with E-state index in [9.17, 15) is 13.2 Å². The van der Waals surface area contributed by atoms with E-state index in [1.807, 2.05) is 13.0 Å². The summed E-state index contributed by atoms with van der Waals surface area (Å²) in [6.45, 7) is 2.02. The molecule has 0 fully saturated rings. The number of hydrogen-bond donors (Lipinski definition) is 1. The van der Waals surface area contributed by atoms with Crippen LogP contribution in [0.1, 0.15) is 37.0 Å². The molecule has 0 aliphatic rings. The van der Waals surface area contributed by atoms with E-state index in [0.717, 1.165) is 12.8 Å². The third-order valence-electron chi connectivity index (χ3n) is 3.23. The van der Waals surface area contributed by atoms with Crippen LogP contribution < -0.4 is 5.32 Å². The minimum Gasteiger partial charge on any atom is -0.338 e. The SMILES string of the molecule is CCCCc1noc(CS(=O)(=O)CC(=O)Nc2cccc(C#N)c2)n1. The van der Waals surface area contributed by atoms with Gasteiger partial charge in [-0.2, -0.15) is 10.2 Å². The van der Waals surface area contributed by atoms with Crippen molar-refractivity contribution in [1.82, 2.24) is 10.1 Å². The Labute approximate surface area is 145 Å². The van der Waals surface area contributed by atoms with Gasteiger partial charge >= 0.3 is 0 Å². The first-order valence-electron chi connectivity index (χ1n) is 7.74. The van der Waals surface area contributed by atoms with Gasteiger partial charge in [0, 0.05) is 12.1 Å². The zero-order valence-electron chi connectivity index (χ0n) is 13.7. The first-order chi connectivity index (χ1) is 11.9. The van der Waals surface area contributed by atoms with Crippen LogP contribution in [-0.4, -0.2) is 30.2 Å². The third kappa shape index (κ3) is 6.00. The van der Waals surface area contributed by atoms with Crippen molar-refractivity contribution in [3.8, 4) is 6.07 Å². The summed E-state index contributed by atoms with van der Waals surface area (Å²) in [6, 6.07) is 8.15. The summed E-state index contributed by atoms with van der Waals surface area (Å²) in [5.74, 6) is -1.45. The number of unbranched alkanes of at least 4 members (excludes halogenated alkanes) is 1. The van der Waals surface area contributed by atoms with E-state index in [0.29, 0.717) is 23.5 Å². The van der Waals surface area contributed by atoms with Crippen LogP contribution in [0.2, 0.25) is 0 Å². The molecule has 0 aliphatic heterocycles. The predicted molar refractivity (Wildman–Crippen MR) is 90.2 cm³/mol. The van der Waals surface area contributed by atoms with E-state index >= 15 is 0 Å². The Morgan fingerprint density at radius 3 is 2.92 bits per heavy atom. The highest BCUT2D eigenvalue weighted by molar-refractivity contribution is 7.91. The first kappa shape index (κ1) is 18.6. The van der Waals surface area contributed by atoms with Gasteiger partial charge in [0.15, 0.2) is 15.7 Å². The van der Waals surface area contributed by atoms with Crippen LogP contribution in [0.3, 0.4) is 0 Å². The molecule has 1 aromatic carbocycles. The molecule has 1 heterocycles. The number of aromatic nitrogens is 2. The van der Waals surface area contributed by atoms with E-state index in [2.05, 4.69) is 15.5 Å². The zero-order valence-corrected chi connectivity index (χ0v) is 14.5. The summed E-state index contributed by atoms with van der Waals surface area (Å²) in [7, 11) is -3.75. The number of nitriles is 1. The van der Waals surface area contributed by atoms with Gasteiger partial charge in [0.05, 0.1) is 11.6 Å². The van der Waals surface area contributed by atoms with Crippen molar-refractivity contribution in [2.24, 2.45) is 0 Å². The molecule has 25 heavy (non-hydrogen) atoms. The summed E-state index contributed by atoms with van der Waals surface area (Å²) in [6.07, 6.45) is 2.47. The largest absolute Gasteiger partial charge is 0.338 e. The second kappa shape index (κ2) is 8.39. The van der Waals surface area contributed by atoms with Crippen molar-refractivity contribution >= 4 is 21.4 Å². The Bertz CT molecular complexity index is 884. The average molecular weight is 362 g/mol. The maximum Gasteiger partial charge on any atom is 0.241 e. The predicted octanol–water partition coefficient (Wildman–Crippen LogP) is 1.84. The van der Waals surface area contributed by atoms with Gasteiger partial charge in [-0.05, 0) is 24.6 Å². The van der Waals surface area contributed by atoms with Crippen LogP contribution in [0, 0.1) is 11.3 Å². The fraction of sp³-hybridized carbons (Fsp3) is 0.375. The molecule has 0 spiro atoms. The van der Waals surface area contributed by atoms with Gasteiger partial charge in [0.25, 0.3) is 0 Å². The van der Waals surface area contributed by atoms with Gasteiger partial charge in [-0.1, -0.05) is 24.6 Å². The summed E-state index contributed by atoms with van der Waals surface area (Å²) < 4.78 is 29.1. The molecule has 0 saturated carbocycles. The number of sulfone groups is 1. The first-order valence-corrected chi connectivity index (χ1v) is 9.56. The van der Waals surface area contributed by atoms with Crippen molar-refractivity contribution in [2.45, 2.75) is 31.9 Å². The Hall–Kier alpha value is -2.73. The topological polar surface area (TPSA) is 126 Å². The van der Waals surface area contributed by atoms with E-state index in [1.54, 1.807) is 18.2 Å². The highest BCUT2D eigenvalue weighted by Crippen LogP contribution is 2.11. The smallest absolute Gasteiger partial charge is 0.241 e. The van der Waals surface area contributed by atoms with Gasteiger partial charge in [-0.15, -0.1) is 0 Å². The molecular formula is C16H18N4O4S. The molecule has 9 heteroatoms. The molecule has 0 saturated heterocycles. The number of anilines is 1. The molecule has 2 rings (SSSR count). The molecule has 1 amide bonds. The number of nitrogens with zero attached hydrogens (tertiary/aromatic N) is 3. The number of aryl methyl sites for hydroxylation is 1. The number of rotatable bonds is 8. The number of nitrogens with one attached hydrogen (secondary N) is 1. The Kier molecular flexibility index (Phi) is 6.25. The summed E-state index contributed by atoms with van der Waals surface area (Å²) in [5.41, 5.74) is 0.727. The van der Waals surface area contributed by atoms with E-state index in [-0.39, 0.29) is 5.89 Å². The Balaban J connectivity index is 1.94. The number of carbonyl (C=O) groups excluding carboxylic acids is 1. The van der Waals surface area contributed by atoms with Gasteiger partial charge in [-0.3, -0.25) is 4.79 Å². The van der Waals surface area contributed by atoms with Crippen LogP contribution >= 0.6 is 0 Å². The quantitative estimate of drug-likeness (QED) is 0.759. The molecule has 0 unspecified atom stereocenters. The zero-order chi connectivity index (χ0) is 18.3. The molecule has 8 nitrogen and oxygen atoms in total. The van der Waals surface area contributed by atoms with Crippen molar-refractivity contribution in [3.05, 3.63) is 41.5 Å². The van der Waals surface area contributed by atoms with Crippen molar-refractivity contribution in [2.75, 3.05) is 11.1 Å². The van der Waals surface area contributed by atoms with E-state index in [4.69, 9.17) is 9.78 Å². The summed E-state index contributed by atoms with van der Waals surface area (Å²) >= 11 is 0. The van der Waals surface area contributed by atoms with Crippen molar-refractivity contribution in [1.29, 1.82) is 5.26 Å². The molecule has 0 radical (unpaired) electrons. The molecule has 132 valence electrons. The Morgan fingerprint density at radius 2 is 2.20 bits per heavy atom. The average Bonchev–Trinajstić information content (AvgIpc) is 2.98. The van der Waals surface area contributed by atoms with E-state index < -0.39 is 27.3 Å². The lowest BCUT2D eigenvalue weighted by molar-refractivity contribution is -0.113. The molecule has 2 aromatic rings. The monoisotopic (exact) mass is 362 g/mol. The number of carbonyl (C=O) groups is 1. The highest BCUT2D eigenvalue weighted by Gasteiger charge is 2.21. The molecule has 1 N–H and O–H groups in total.